The van der Waals surface area contributed by atoms with Crippen LogP contribution in [0.2, 0.25) is 0 Å². The number of halogens is 1. The third-order valence-electron chi connectivity index (χ3n) is 2.52. The second kappa shape index (κ2) is 3.85. The van der Waals surface area contributed by atoms with Crippen LogP contribution >= 0.6 is 0 Å². The average molecular weight is 197 g/mol. The Bertz CT molecular complexity index is 271. The summed E-state index contributed by atoms with van der Waals surface area (Å²) >= 11 is 0. The van der Waals surface area contributed by atoms with Crippen LogP contribution in [0.1, 0.15) is 34.1 Å². The average Bonchev–Trinajstić information content (AvgIpc) is 1.97. The third kappa shape index (κ3) is 2.95. The lowest BCUT2D eigenvalue weighted by atomic mass is 9.79. The second-order valence-corrected chi connectivity index (χ2v) is 5.37. The first-order chi connectivity index (χ1) is 6.29. The van der Waals surface area contributed by atoms with Crippen LogP contribution in [0.3, 0.4) is 0 Å². The Labute approximate surface area is 85.9 Å². The van der Waals surface area contributed by atoms with E-state index in [1.54, 1.807) is 6.92 Å². The highest BCUT2D eigenvalue weighted by Crippen LogP contribution is 2.32. The van der Waals surface area contributed by atoms with E-state index in [0.29, 0.717) is 0 Å². The predicted molar refractivity (Wildman–Crippen MR) is 58.5 cm³/mol. The predicted octanol–water partition coefficient (Wildman–Crippen LogP) is 3.18. The van der Waals surface area contributed by atoms with Gasteiger partial charge in [0, 0.05) is 6.04 Å². The molecule has 0 saturated heterocycles. The number of rotatable bonds is 1. The van der Waals surface area contributed by atoms with Crippen LogP contribution in [0.25, 0.3) is 0 Å². The number of hydrogen-bond donors (Lipinski definition) is 1. The molecule has 2 heteroatoms. The molecule has 2 N–H and O–H groups in total. The molecule has 0 aromatic carbocycles. The van der Waals surface area contributed by atoms with E-state index < -0.39 is 0 Å². The van der Waals surface area contributed by atoms with Crippen LogP contribution in [-0.2, 0) is 0 Å². The lowest BCUT2D eigenvalue weighted by Crippen LogP contribution is -2.32. The van der Waals surface area contributed by atoms with Gasteiger partial charge in [-0.25, -0.2) is 4.39 Å². The Morgan fingerprint density at radius 3 is 2.43 bits per heavy atom. The van der Waals surface area contributed by atoms with E-state index in [2.05, 4.69) is 20.8 Å². The van der Waals surface area contributed by atoms with Gasteiger partial charge in [-0.05, 0) is 36.3 Å². The van der Waals surface area contributed by atoms with Gasteiger partial charge in [-0.1, -0.05) is 26.8 Å². The summed E-state index contributed by atoms with van der Waals surface area (Å²) in [6.45, 7) is 8.33. The molecule has 0 aliphatic heterocycles. The summed E-state index contributed by atoms with van der Waals surface area (Å²) in [5, 5.41) is 0. The molecule has 2 unspecified atom stereocenters. The molecule has 0 aromatic heterocycles. The molecule has 0 fully saturated rings. The van der Waals surface area contributed by atoms with E-state index in [4.69, 9.17) is 5.73 Å². The molecule has 0 amide bonds. The maximum absolute atomic E-state index is 13.1. The smallest absolute Gasteiger partial charge is 0.123 e. The van der Waals surface area contributed by atoms with Crippen molar-refractivity contribution in [3.63, 3.8) is 0 Å². The Morgan fingerprint density at radius 1 is 1.36 bits per heavy atom. The SMILES string of the molecule is CC1=CC(CC(C)(C)C)C(N)C=C1F. The Balaban J connectivity index is 2.74. The van der Waals surface area contributed by atoms with Crippen molar-refractivity contribution in [1.29, 1.82) is 0 Å². The van der Waals surface area contributed by atoms with Gasteiger partial charge in [-0.15, -0.1) is 0 Å². The molecule has 0 aromatic rings. The van der Waals surface area contributed by atoms with Gasteiger partial charge in [0.1, 0.15) is 5.83 Å². The molecule has 1 nitrogen and oxygen atoms in total. The van der Waals surface area contributed by atoms with Gasteiger partial charge in [-0.2, -0.15) is 0 Å². The Kier molecular flexibility index (Phi) is 3.15. The van der Waals surface area contributed by atoms with Gasteiger partial charge in [-0.3, -0.25) is 0 Å². The molecule has 2 atom stereocenters. The van der Waals surface area contributed by atoms with Crippen molar-refractivity contribution < 1.29 is 4.39 Å². The molecule has 1 aliphatic rings. The van der Waals surface area contributed by atoms with Crippen LogP contribution in [0, 0.1) is 11.3 Å². The van der Waals surface area contributed by atoms with Crippen molar-refractivity contribution in [1.82, 2.24) is 0 Å². The van der Waals surface area contributed by atoms with E-state index in [9.17, 15) is 4.39 Å². The van der Waals surface area contributed by atoms with Crippen LogP contribution < -0.4 is 5.73 Å². The summed E-state index contributed by atoms with van der Waals surface area (Å²) in [5.41, 5.74) is 6.84. The number of nitrogens with two attached hydrogens (primary N) is 1. The van der Waals surface area contributed by atoms with Gasteiger partial charge in [0.15, 0.2) is 0 Å². The standard InChI is InChI=1S/C12H20FN/c1-8-5-9(7-12(2,3)4)11(14)6-10(8)13/h5-6,9,11H,7,14H2,1-4H3. The molecule has 80 valence electrons. The maximum Gasteiger partial charge on any atom is 0.123 e. The summed E-state index contributed by atoms with van der Waals surface area (Å²) in [7, 11) is 0. The van der Waals surface area contributed by atoms with Crippen LogP contribution in [0.4, 0.5) is 4.39 Å². The van der Waals surface area contributed by atoms with E-state index in [0.717, 1.165) is 12.0 Å². The fourth-order valence-corrected chi connectivity index (χ4v) is 1.84. The van der Waals surface area contributed by atoms with E-state index in [-0.39, 0.29) is 23.2 Å². The summed E-state index contributed by atoms with van der Waals surface area (Å²) in [5.74, 6) is 0.108. The van der Waals surface area contributed by atoms with E-state index >= 15 is 0 Å². The van der Waals surface area contributed by atoms with Crippen molar-refractivity contribution >= 4 is 0 Å². The number of hydrogen-bond acceptors (Lipinski definition) is 1. The van der Waals surface area contributed by atoms with Gasteiger partial charge < -0.3 is 5.73 Å². The van der Waals surface area contributed by atoms with Gasteiger partial charge in [0.05, 0.1) is 0 Å². The van der Waals surface area contributed by atoms with Crippen molar-refractivity contribution in [3.05, 3.63) is 23.6 Å². The van der Waals surface area contributed by atoms with Crippen molar-refractivity contribution in [2.75, 3.05) is 0 Å². The molecular weight excluding hydrogens is 177 g/mol. The minimum Gasteiger partial charge on any atom is -0.324 e. The van der Waals surface area contributed by atoms with E-state index in [1.165, 1.54) is 6.08 Å². The van der Waals surface area contributed by atoms with Crippen LogP contribution in [0.15, 0.2) is 23.6 Å². The summed E-state index contributed by atoms with van der Waals surface area (Å²) < 4.78 is 13.1. The first-order valence-electron chi connectivity index (χ1n) is 5.11. The van der Waals surface area contributed by atoms with Crippen molar-refractivity contribution in [3.8, 4) is 0 Å². The molecule has 1 rings (SSSR count). The van der Waals surface area contributed by atoms with Crippen LogP contribution in [-0.4, -0.2) is 6.04 Å². The van der Waals surface area contributed by atoms with E-state index in [1.807, 2.05) is 6.08 Å². The van der Waals surface area contributed by atoms with Crippen molar-refractivity contribution in [2.45, 2.75) is 40.2 Å². The molecular formula is C12H20FN. The highest BCUT2D eigenvalue weighted by Gasteiger charge is 2.25. The second-order valence-electron chi connectivity index (χ2n) is 5.37. The lowest BCUT2D eigenvalue weighted by molar-refractivity contribution is 0.308. The molecule has 0 bridgehead atoms. The van der Waals surface area contributed by atoms with Gasteiger partial charge >= 0.3 is 0 Å². The molecule has 1 aliphatic carbocycles. The Morgan fingerprint density at radius 2 is 1.93 bits per heavy atom. The zero-order valence-electron chi connectivity index (χ0n) is 9.47. The lowest BCUT2D eigenvalue weighted by Gasteiger charge is -2.29. The summed E-state index contributed by atoms with van der Waals surface area (Å²) in [4.78, 5) is 0. The normalized spacial score (nSPS) is 28.4. The summed E-state index contributed by atoms with van der Waals surface area (Å²) in [6, 6.07) is -0.169. The Hall–Kier alpha value is -0.630. The van der Waals surface area contributed by atoms with Crippen molar-refractivity contribution in [2.24, 2.45) is 17.1 Å². The maximum atomic E-state index is 13.1. The van der Waals surface area contributed by atoms with Crippen LogP contribution in [0.5, 0.6) is 0 Å². The molecule has 0 heterocycles. The monoisotopic (exact) mass is 197 g/mol. The first-order valence-corrected chi connectivity index (χ1v) is 5.11. The molecule has 0 radical (unpaired) electrons. The molecule has 0 spiro atoms. The molecule has 14 heavy (non-hydrogen) atoms. The molecule has 0 saturated carbocycles. The number of allylic oxidation sites excluding steroid dienone is 2. The van der Waals surface area contributed by atoms with Gasteiger partial charge in [0.25, 0.3) is 0 Å². The largest absolute Gasteiger partial charge is 0.324 e. The summed E-state index contributed by atoms with van der Waals surface area (Å²) in [6.07, 6.45) is 4.49. The topological polar surface area (TPSA) is 26.0 Å². The third-order valence-corrected chi connectivity index (χ3v) is 2.52. The zero-order valence-corrected chi connectivity index (χ0v) is 9.47. The quantitative estimate of drug-likeness (QED) is 0.686. The minimum atomic E-state index is -0.169. The zero-order chi connectivity index (χ0) is 10.9. The highest BCUT2D eigenvalue weighted by molar-refractivity contribution is 5.30. The minimum absolute atomic E-state index is 0.164. The highest BCUT2D eigenvalue weighted by atomic mass is 19.1. The fourth-order valence-electron chi connectivity index (χ4n) is 1.84. The first kappa shape index (κ1) is 11.4. The fraction of sp³-hybridized carbons (Fsp3) is 0.667. The van der Waals surface area contributed by atoms with Gasteiger partial charge in [0.2, 0.25) is 0 Å².